The van der Waals surface area contributed by atoms with E-state index >= 15 is 0 Å². The van der Waals surface area contributed by atoms with Crippen molar-refractivity contribution in [3.8, 4) is 0 Å². The summed E-state index contributed by atoms with van der Waals surface area (Å²) in [6.07, 6.45) is -5.12. The van der Waals surface area contributed by atoms with Crippen LogP contribution in [0.3, 0.4) is 0 Å². The summed E-state index contributed by atoms with van der Waals surface area (Å²) in [6.45, 7) is 1.90. The molecule has 0 saturated carbocycles. The number of aliphatic hydroxyl groups is 3. The normalized spacial score (nSPS) is 36.6. The molecule has 5 heteroatoms. The molecule has 1 aromatic rings. The van der Waals surface area contributed by atoms with E-state index in [9.17, 15) is 15.3 Å². The largest absolute Gasteiger partial charge is 0.388 e. The summed E-state index contributed by atoms with van der Waals surface area (Å²) < 4.78 is 10.7. The van der Waals surface area contributed by atoms with E-state index < -0.39 is 30.7 Å². The predicted octanol–water partition coefficient (Wildman–Crippen LogP) is 0.0307. The number of hydrogen-bond acceptors (Lipinski definition) is 5. The molecule has 1 aliphatic rings. The van der Waals surface area contributed by atoms with Gasteiger partial charge in [0, 0.05) is 0 Å². The van der Waals surface area contributed by atoms with Gasteiger partial charge in [-0.1, -0.05) is 30.3 Å². The second-order valence-corrected chi connectivity index (χ2v) is 4.48. The lowest BCUT2D eigenvalue weighted by Crippen LogP contribution is -2.57. The molecule has 0 amide bonds. The van der Waals surface area contributed by atoms with Gasteiger partial charge in [0.25, 0.3) is 0 Å². The van der Waals surface area contributed by atoms with E-state index in [4.69, 9.17) is 9.47 Å². The van der Waals surface area contributed by atoms with Gasteiger partial charge in [-0.15, -0.1) is 0 Å². The van der Waals surface area contributed by atoms with Crippen molar-refractivity contribution in [3.63, 3.8) is 0 Å². The Labute approximate surface area is 106 Å². The zero-order valence-electron chi connectivity index (χ0n) is 10.1. The van der Waals surface area contributed by atoms with Crippen molar-refractivity contribution in [3.05, 3.63) is 35.9 Å². The molecule has 0 aromatic heterocycles. The highest BCUT2D eigenvalue weighted by atomic mass is 16.7. The third kappa shape index (κ3) is 2.88. The predicted molar refractivity (Wildman–Crippen MR) is 63.6 cm³/mol. The summed E-state index contributed by atoms with van der Waals surface area (Å²) in [5, 5.41) is 28.9. The van der Waals surface area contributed by atoms with E-state index in [0.29, 0.717) is 0 Å². The van der Waals surface area contributed by atoms with Gasteiger partial charge < -0.3 is 24.8 Å². The van der Waals surface area contributed by atoms with Crippen molar-refractivity contribution >= 4 is 0 Å². The van der Waals surface area contributed by atoms with Crippen molar-refractivity contribution in [1.29, 1.82) is 0 Å². The summed E-state index contributed by atoms with van der Waals surface area (Å²) in [5.74, 6) is 0. The van der Waals surface area contributed by atoms with Crippen LogP contribution in [0.5, 0.6) is 0 Å². The molecule has 5 nitrogen and oxygen atoms in total. The van der Waals surface area contributed by atoms with Gasteiger partial charge in [0.15, 0.2) is 6.29 Å². The van der Waals surface area contributed by atoms with Gasteiger partial charge in [-0.25, -0.2) is 0 Å². The number of rotatable bonds is 3. The first-order chi connectivity index (χ1) is 8.59. The van der Waals surface area contributed by atoms with Crippen LogP contribution in [0, 0.1) is 0 Å². The highest BCUT2D eigenvalue weighted by Gasteiger charge is 2.42. The third-order valence-corrected chi connectivity index (χ3v) is 3.07. The fourth-order valence-corrected chi connectivity index (χ4v) is 1.90. The Bertz CT molecular complexity index is 369. The average Bonchev–Trinajstić information content (AvgIpc) is 2.40. The zero-order valence-corrected chi connectivity index (χ0v) is 10.1. The van der Waals surface area contributed by atoms with E-state index in [0.717, 1.165) is 5.56 Å². The highest BCUT2D eigenvalue weighted by molar-refractivity contribution is 5.13. The first kappa shape index (κ1) is 13.5. The molecule has 1 aromatic carbocycles. The molecule has 0 radical (unpaired) electrons. The van der Waals surface area contributed by atoms with Crippen LogP contribution < -0.4 is 0 Å². The first-order valence-electron chi connectivity index (χ1n) is 5.95. The molecule has 0 spiro atoms. The van der Waals surface area contributed by atoms with Crippen LogP contribution in [0.2, 0.25) is 0 Å². The Morgan fingerprint density at radius 3 is 2.39 bits per heavy atom. The van der Waals surface area contributed by atoms with Crippen molar-refractivity contribution < 1.29 is 24.8 Å². The third-order valence-electron chi connectivity index (χ3n) is 3.07. The van der Waals surface area contributed by atoms with Gasteiger partial charge >= 0.3 is 0 Å². The lowest BCUT2D eigenvalue weighted by molar-refractivity contribution is -0.296. The molecule has 0 bridgehead atoms. The minimum absolute atomic E-state index is 0.276. The Kier molecular flexibility index (Phi) is 4.31. The van der Waals surface area contributed by atoms with Crippen molar-refractivity contribution in [2.45, 2.75) is 44.2 Å². The Balaban J connectivity index is 1.93. The molecule has 2 rings (SSSR count). The molecular formula is C13H18O5. The van der Waals surface area contributed by atoms with Gasteiger partial charge in [-0.05, 0) is 12.5 Å². The number of benzene rings is 1. The second kappa shape index (κ2) is 5.77. The smallest absolute Gasteiger partial charge is 0.186 e. The first-order valence-corrected chi connectivity index (χ1v) is 5.95. The summed E-state index contributed by atoms with van der Waals surface area (Å²) >= 11 is 0. The summed E-state index contributed by atoms with van der Waals surface area (Å²) in [4.78, 5) is 0. The fourth-order valence-electron chi connectivity index (χ4n) is 1.90. The standard InChI is InChI=1S/C13H18O5/c1-8-10(14)11(15)12(16)13(18-8)17-7-9-5-3-2-4-6-9/h2-6,8,10-16H,7H2,1H3/t8-,10-,11+,12-,13+/m0/s1. The van der Waals surface area contributed by atoms with Crippen LogP contribution in [0.1, 0.15) is 12.5 Å². The van der Waals surface area contributed by atoms with Crippen LogP contribution in [0.4, 0.5) is 0 Å². The minimum atomic E-state index is -1.26. The van der Waals surface area contributed by atoms with Crippen LogP contribution >= 0.6 is 0 Å². The van der Waals surface area contributed by atoms with Gasteiger partial charge in [0.1, 0.15) is 18.3 Å². The number of hydrogen-bond donors (Lipinski definition) is 3. The fraction of sp³-hybridized carbons (Fsp3) is 0.538. The molecule has 1 saturated heterocycles. The molecule has 0 aliphatic carbocycles. The van der Waals surface area contributed by atoms with E-state index in [1.807, 2.05) is 30.3 Å². The molecule has 18 heavy (non-hydrogen) atoms. The van der Waals surface area contributed by atoms with Gasteiger partial charge in [-0.3, -0.25) is 0 Å². The summed E-state index contributed by atoms with van der Waals surface area (Å²) in [7, 11) is 0. The SMILES string of the molecule is C[C@@H]1O[C@@H](OCc2ccccc2)[C@@H](O)[C@H](O)[C@H]1O. The molecule has 100 valence electrons. The molecule has 1 fully saturated rings. The Morgan fingerprint density at radius 2 is 1.72 bits per heavy atom. The number of aliphatic hydroxyl groups excluding tert-OH is 3. The van der Waals surface area contributed by atoms with Crippen molar-refractivity contribution in [2.24, 2.45) is 0 Å². The molecule has 1 aliphatic heterocycles. The van der Waals surface area contributed by atoms with Gasteiger partial charge in [0.05, 0.1) is 12.7 Å². The van der Waals surface area contributed by atoms with Gasteiger partial charge in [0.2, 0.25) is 0 Å². The lowest BCUT2D eigenvalue weighted by atomic mass is 10.00. The number of ether oxygens (including phenoxy) is 2. The molecule has 0 unspecified atom stereocenters. The van der Waals surface area contributed by atoms with Crippen molar-refractivity contribution in [1.82, 2.24) is 0 Å². The maximum absolute atomic E-state index is 9.74. The summed E-state index contributed by atoms with van der Waals surface area (Å²) in [5.41, 5.74) is 0.946. The van der Waals surface area contributed by atoms with Crippen molar-refractivity contribution in [2.75, 3.05) is 0 Å². The van der Waals surface area contributed by atoms with E-state index in [1.165, 1.54) is 0 Å². The maximum Gasteiger partial charge on any atom is 0.186 e. The van der Waals surface area contributed by atoms with E-state index in [-0.39, 0.29) is 6.61 Å². The second-order valence-electron chi connectivity index (χ2n) is 4.48. The van der Waals surface area contributed by atoms with Crippen LogP contribution in [0.15, 0.2) is 30.3 Å². The molecule has 1 heterocycles. The average molecular weight is 254 g/mol. The Morgan fingerprint density at radius 1 is 1.06 bits per heavy atom. The lowest BCUT2D eigenvalue weighted by Gasteiger charge is -2.38. The molecule has 3 N–H and O–H groups in total. The quantitative estimate of drug-likeness (QED) is 0.709. The topological polar surface area (TPSA) is 79.2 Å². The Hall–Kier alpha value is -0.980. The summed E-state index contributed by atoms with van der Waals surface area (Å²) in [6, 6.07) is 9.46. The monoisotopic (exact) mass is 254 g/mol. The van der Waals surface area contributed by atoms with E-state index in [2.05, 4.69) is 0 Å². The van der Waals surface area contributed by atoms with Gasteiger partial charge in [-0.2, -0.15) is 0 Å². The molecule has 5 atom stereocenters. The minimum Gasteiger partial charge on any atom is -0.388 e. The maximum atomic E-state index is 9.74. The van der Waals surface area contributed by atoms with Crippen LogP contribution in [-0.2, 0) is 16.1 Å². The molecular weight excluding hydrogens is 236 g/mol. The van der Waals surface area contributed by atoms with Crippen LogP contribution in [0.25, 0.3) is 0 Å². The van der Waals surface area contributed by atoms with E-state index in [1.54, 1.807) is 6.92 Å². The van der Waals surface area contributed by atoms with Crippen LogP contribution in [-0.4, -0.2) is 46.0 Å². The highest BCUT2D eigenvalue weighted by Crippen LogP contribution is 2.22. The zero-order chi connectivity index (χ0) is 13.1.